The summed E-state index contributed by atoms with van der Waals surface area (Å²) in [6.45, 7) is -1.93. The second-order valence-corrected chi connectivity index (χ2v) is 32.3. The van der Waals surface area contributed by atoms with Crippen LogP contribution in [0.3, 0.4) is 0 Å². The monoisotopic (exact) mass is 1470 g/mol. The van der Waals surface area contributed by atoms with E-state index in [1.807, 2.05) is 255 Å². The summed E-state index contributed by atoms with van der Waals surface area (Å²) in [6.07, 6.45) is 0. The predicted octanol–water partition coefficient (Wildman–Crippen LogP) is 23.0. The standard InChI is InChI=1S/C108H70BN3Si/c1-7-33-71(34-8-1)76-69-101-104-102(70-76)112-106-82(74-37-11-3-12-38-74)56-32-58-94(106)88-50-23-20-47-85(88)86-48-25-26-54-92(86)103-100(110-98-59-29-27-52-90(98)91-53-28-30-60-99(91)110)66-65-96(108(103)112)109(104)97-68-75(72-61-63-80(64-62-72)113(77-39-13-4-14-40-77,78-41-15-5-16-42-78)79-43-17-6-18-44-79)67-95-89-51-24-21-46-84(89)83-45-19-22-49-87(83)93-57-31-55-81(73-35-9-2-10-36-73)105(93)111(101)107(95)97/h1-70H/i1D,7D,8D,27D,28D,29D,30D,33D,34D,52D,53D,59D,60D,61D,62D,63D,64D,65D,66D,67D,68D,69D,70D. The van der Waals surface area contributed by atoms with Gasteiger partial charge in [-0.05, 0) is 150 Å². The maximum atomic E-state index is 12.3. The van der Waals surface area contributed by atoms with E-state index < -0.39 is 193 Å². The van der Waals surface area contributed by atoms with Gasteiger partial charge in [-0.15, -0.1) is 0 Å². The minimum Gasteiger partial charge on any atom is -0.310 e. The highest BCUT2D eigenvalue weighted by Gasteiger charge is 2.44. The highest BCUT2D eigenvalue weighted by Crippen LogP contribution is 2.47. The van der Waals surface area contributed by atoms with Crippen LogP contribution in [-0.4, -0.2) is 28.5 Å². The molecule has 0 unspecified atom stereocenters. The molecule has 0 N–H and O–H groups in total. The van der Waals surface area contributed by atoms with E-state index in [1.54, 1.807) is 39.5 Å². The summed E-state index contributed by atoms with van der Waals surface area (Å²) < 4.78 is 249. The fraction of sp³-hybridized carbons (Fsp3) is 0. The third-order valence-corrected chi connectivity index (χ3v) is 27.4. The smallest absolute Gasteiger partial charge is 0.252 e. The van der Waals surface area contributed by atoms with Crippen molar-refractivity contribution in [2.24, 2.45) is 0 Å². The molecule has 0 atom stereocenters. The van der Waals surface area contributed by atoms with Crippen molar-refractivity contribution in [2.75, 3.05) is 0 Å². The first-order valence-corrected chi connectivity index (χ1v) is 39.5. The first-order chi connectivity index (χ1) is 65.7. The molecule has 5 heteroatoms. The normalized spacial score (nSPS) is 15.1. The summed E-state index contributed by atoms with van der Waals surface area (Å²) in [5, 5.41) is 5.89. The average molecular weight is 1470 g/mol. The molecule has 0 spiro atoms. The van der Waals surface area contributed by atoms with Crippen molar-refractivity contribution < 1.29 is 31.5 Å². The SMILES string of the molecule is [2H]c1c([2H])c([2H])c(-c2c([2H])c3c4c(c2[2H])-n2c5c(-c6ccccc6)cccc5c5ccccc5c5ccccc5c5c(-n6c7c([2H])c([2H])c([2H])c([2H])c7c7c([2H])c([2H])c([2H])c([2H])c76)c([2H])c([2H])c(c52)B4c2c([2H])c(-c4c([2H])c([2H])c([Si](c5ccccc5)(c5ccccc5)c5ccccc5)c([2H])c4[2H])c([2H])c4c5ccccc5c5ccccc5c5cccc(-c6ccccc6)c5n-3c24)c([2H])c1[2H]. The fourth-order valence-electron chi connectivity index (χ4n) is 18.2. The number of rotatable bonds is 9. The minimum absolute atomic E-state index is 0.0436. The molecule has 23 rings (SSSR count). The maximum absolute atomic E-state index is 12.3. The van der Waals surface area contributed by atoms with Gasteiger partial charge < -0.3 is 13.7 Å². The first kappa shape index (κ1) is 45.6. The molecule has 2 aliphatic rings. The molecule has 0 fully saturated rings. The number of benzene rings is 18. The van der Waals surface area contributed by atoms with Gasteiger partial charge in [0.05, 0.1) is 64.8 Å². The number of hydrogen-bond donors (Lipinski definition) is 0. The van der Waals surface area contributed by atoms with Crippen LogP contribution >= 0.6 is 0 Å². The molecule has 2 aliphatic heterocycles. The molecular weight excluding hydrogens is 1380 g/mol. The lowest BCUT2D eigenvalue weighted by atomic mass is 9.34. The first-order valence-electron chi connectivity index (χ1n) is 49.0. The number of aromatic nitrogens is 3. The Morgan fingerprint density at radius 2 is 0.611 bits per heavy atom. The van der Waals surface area contributed by atoms with Gasteiger partial charge in [0, 0.05) is 60.3 Å². The van der Waals surface area contributed by atoms with E-state index in [1.165, 1.54) is 4.57 Å². The topological polar surface area (TPSA) is 14.8 Å². The summed E-state index contributed by atoms with van der Waals surface area (Å²) in [5.74, 6) is 0. The quantitative estimate of drug-likeness (QED) is 0.101. The summed E-state index contributed by atoms with van der Waals surface area (Å²) in [6, 6.07) is 71.6. The lowest BCUT2D eigenvalue weighted by molar-refractivity contribution is 1.13. The van der Waals surface area contributed by atoms with E-state index in [0.29, 0.717) is 80.9 Å². The van der Waals surface area contributed by atoms with Crippen molar-refractivity contribution in [3.05, 3.63) is 424 Å². The Morgan fingerprint density at radius 1 is 0.221 bits per heavy atom. The third-order valence-electron chi connectivity index (χ3n) is 22.8. The van der Waals surface area contributed by atoms with Gasteiger partial charge in [-0.2, -0.15) is 0 Å². The number of hydrogen-bond acceptors (Lipinski definition) is 0. The van der Waals surface area contributed by atoms with Gasteiger partial charge >= 0.3 is 0 Å². The molecule has 113 heavy (non-hydrogen) atoms. The van der Waals surface area contributed by atoms with Crippen molar-refractivity contribution in [2.45, 2.75) is 0 Å². The lowest BCUT2D eigenvalue weighted by Gasteiger charge is -2.37. The van der Waals surface area contributed by atoms with E-state index in [4.69, 9.17) is 0 Å². The fourth-order valence-corrected chi connectivity index (χ4v) is 22.6. The summed E-state index contributed by atoms with van der Waals surface area (Å²) in [4.78, 5) is 0. The largest absolute Gasteiger partial charge is 0.310 e. The molecule has 0 amide bonds. The van der Waals surface area contributed by atoms with Gasteiger partial charge in [-0.25, -0.2) is 0 Å². The van der Waals surface area contributed by atoms with Crippen LogP contribution in [-0.2, 0) is 0 Å². The second kappa shape index (κ2) is 25.9. The van der Waals surface area contributed by atoms with Crippen LogP contribution in [0.2, 0.25) is 0 Å². The number of nitrogens with zero attached hydrogens (tertiary/aromatic N) is 3. The highest BCUT2D eigenvalue weighted by molar-refractivity contribution is 7.20. The zero-order chi connectivity index (χ0) is 94.3. The predicted molar refractivity (Wildman–Crippen MR) is 485 cm³/mol. The molecular formula is C108H70BN3Si. The Kier molecular flexibility index (Phi) is 10.4. The van der Waals surface area contributed by atoms with E-state index in [0.717, 1.165) is 0 Å². The molecule has 0 radical (unpaired) electrons. The van der Waals surface area contributed by atoms with E-state index in [-0.39, 0.29) is 87.3 Å². The van der Waals surface area contributed by atoms with Crippen LogP contribution in [0.5, 0.6) is 0 Å². The Bertz CT molecular complexity index is 8920. The van der Waals surface area contributed by atoms with Crippen molar-refractivity contribution in [1.29, 1.82) is 0 Å². The molecule has 21 aromatic rings. The molecule has 0 saturated heterocycles. The maximum Gasteiger partial charge on any atom is 0.252 e. The Hall–Kier alpha value is -14.4. The van der Waals surface area contributed by atoms with Gasteiger partial charge in [-0.3, -0.25) is 0 Å². The Morgan fingerprint density at radius 3 is 1.11 bits per heavy atom. The van der Waals surface area contributed by atoms with Crippen LogP contribution in [0.15, 0.2) is 424 Å². The average Bonchev–Trinajstić information content (AvgIpc) is 0.986. The van der Waals surface area contributed by atoms with Crippen LogP contribution < -0.4 is 37.1 Å². The highest BCUT2D eigenvalue weighted by atomic mass is 28.3. The Labute approximate surface area is 688 Å². The molecule has 524 valence electrons. The van der Waals surface area contributed by atoms with Crippen LogP contribution in [0.25, 0.3) is 170 Å². The lowest BCUT2D eigenvalue weighted by Crippen LogP contribution is -2.74. The van der Waals surface area contributed by atoms with Crippen LogP contribution in [0.4, 0.5) is 0 Å². The van der Waals surface area contributed by atoms with Crippen LogP contribution in [0.1, 0.15) is 31.5 Å². The summed E-state index contributed by atoms with van der Waals surface area (Å²) >= 11 is 0. The Balaban J connectivity index is 1.08. The van der Waals surface area contributed by atoms with Crippen molar-refractivity contribution in [3.63, 3.8) is 0 Å². The minimum atomic E-state index is -4.09. The number of fused-ring (bicyclic) bond motifs is 21. The molecule has 0 bridgehead atoms. The van der Waals surface area contributed by atoms with Gasteiger partial charge in [-0.1, -0.05) is 388 Å². The van der Waals surface area contributed by atoms with Crippen molar-refractivity contribution in [1.82, 2.24) is 13.7 Å². The van der Waals surface area contributed by atoms with Gasteiger partial charge in [0.25, 0.3) is 6.71 Å². The van der Waals surface area contributed by atoms with E-state index >= 15 is 0 Å². The molecule has 3 aromatic heterocycles. The van der Waals surface area contributed by atoms with Crippen LogP contribution in [0, 0.1) is 0 Å². The second-order valence-electron chi connectivity index (χ2n) is 28.5. The van der Waals surface area contributed by atoms with Gasteiger partial charge in [0.1, 0.15) is 0 Å². The zero-order valence-corrected chi connectivity index (χ0v) is 61.1. The summed E-state index contributed by atoms with van der Waals surface area (Å²) in [7, 11) is -4.09. The van der Waals surface area contributed by atoms with Gasteiger partial charge in [0.2, 0.25) is 0 Å². The summed E-state index contributed by atoms with van der Waals surface area (Å²) in [5.41, 5.74) is -1.83. The van der Waals surface area contributed by atoms with Crippen molar-refractivity contribution >= 4 is 160 Å². The number of para-hydroxylation sites is 4. The zero-order valence-electron chi connectivity index (χ0n) is 83.1. The molecule has 0 aliphatic carbocycles. The van der Waals surface area contributed by atoms with Crippen molar-refractivity contribution in [3.8, 4) is 61.6 Å². The molecule has 0 saturated carbocycles. The molecule has 5 heterocycles. The molecule has 18 aromatic carbocycles. The molecule has 3 nitrogen and oxygen atoms in total. The van der Waals surface area contributed by atoms with E-state index in [9.17, 15) is 31.5 Å². The third kappa shape index (κ3) is 9.75. The van der Waals surface area contributed by atoms with Gasteiger partial charge in [0.15, 0.2) is 8.07 Å². The van der Waals surface area contributed by atoms with E-state index in [2.05, 4.69) is 0 Å².